The molecule has 1 aliphatic rings. The average Bonchev–Trinajstić information content (AvgIpc) is 2.59. The first-order valence-electron chi connectivity index (χ1n) is 6.11. The van der Waals surface area contributed by atoms with Gasteiger partial charge in [0.25, 0.3) is 0 Å². The van der Waals surface area contributed by atoms with Gasteiger partial charge in [-0.15, -0.1) is 0 Å². The average molecular weight is 250 g/mol. The Labute approximate surface area is 106 Å². The number of nitrogens with two attached hydrogens (primary N) is 1. The van der Waals surface area contributed by atoms with Crippen molar-refractivity contribution in [1.82, 2.24) is 15.1 Å². The van der Waals surface area contributed by atoms with Crippen molar-refractivity contribution in [3.05, 3.63) is 5.56 Å². The molecular weight excluding hydrogens is 232 g/mol. The van der Waals surface area contributed by atoms with E-state index in [1.165, 1.54) is 4.68 Å². The Morgan fingerprint density at radius 3 is 3.00 bits per heavy atom. The largest absolute Gasteiger partial charge is 0.394 e. The second-order valence-electron chi connectivity index (χ2n) is 4.23. The number of aliphatic hydroxyl groups is 1. The van der Waals surface area contributed by atoms with E-state index in [0.29, 0.717) is 23.7 Å². The van der Waals surface area contributed by atoms with Crippen LogP contribution in [0.5, 0.6) is 0 Å². The molecule has 0 aliphatic carbocycles. The van der Waals surface area contributed by atoms with Crippen molar-refractivity contribution in [3.63, 3.8) is 0 Å². The number of aromatic nitrogens is 2. The minimum absolute atomic E-state index is 0.0439. The van der Waals surface area contributed by atoms with Crippen LogP contribution >= 0.6 is 0 Å². The van der Waals surface area contributed by atoms with E-state index in [-0.39, 0.29) is 6.61 Å². The quantitative estimate of drug-likeness (QED) is 0.644. The molecule has 0 radical (unpaired) electrons. The van der Waals surface area contributed by atoms with Crippen molar-refractivity contribution in [3.8, 4) is 6.07 Å². The second kappa shape index (κ2) is 5.71. The van der Waals surface area contributed by atoms with Crippen molar-refractivity contribution in [2.24, 2.45) is 0 Å². The van der Waals surface area contributed by atoms with Crippen LogP contribution in [0, 0.1) is 11.3 Å². The van der Waals surface area contributed by atoms with Crippen LogP contribution in [-0.4, -0.2) is 47.7 Å². The number of rotatable bonds is 3. The van der Waals surface area contributed by atoms with Gasteiger partial charge in [-0.25, -0.2) is 4.68 Å². The molecule has 7 heteroatoms. The zero-order valence-corrected chi connectivity index (χ0v) is 10.3. The first-order valence-corrected chi connectivity index (χ1v) is 6.11. The van der Waals surface area contributed by atoms with E-state index in [0.717, 1.165) is 32.6 Å². The summed E-state index contributed by atoms with van der Waals surface area (Å²) in [6, 6.07) is 2.11. The molecule has 1 aromatic heterocycles. The Kier molecular flexibility index (Phi) is 4.02. The van der Waals surface area contributed by atoms with Crippen LogP contribution in [0.2, 0.25) is 0 Å². The first kappa shape index (κ1) is 12.7. The third kappa shape index (κ3) is 2.39. The summed E-state index contributed by atoms with van der Waals surface area (Å²) in [4.78, 5) is 2.07. The lowest BCUT2D eigenvalue weighted by atomic mass is 10.3. The van der Waals surface area contributed by atoms with E-state index in [9.17, 15) is 5.26 Å². The van der Waals surface area contributed by atoms with E-state index >= 15 is 0 Å². The van der Waals surface area contributed by atoms with Crippen LogP contribution in [-0.2, 0) is 6.54 Å². The lowest BCUT2D eigenvalue weighted by Crippen LogP contribution is -2.28. The number of aliphatic hydroxyl groups excluding tert-OH is 1. The highest BCUT2D eigenvalue weighted by atomic mass is 16.3. The van der Waals surface area contributed by atoms with Crippen LogP contribution in [0.15, 0.2) is 0 Å². The molecule has 18 heavy (non-hydrogen) atoms. The fourth-order valence-electron chi connectivity index (χ4n) is 2.11. The van der Waals surface area contributed by atoms with E-state index in [2.05, 4.69) is 21.4 Å². The SMILES string of the molecule is N#Cc1c(N2CCCNCC2)nn(CCO)c1N. The summed E-state index contributed by atoms with van der Waals surface area (Å²) in [5, 5.41) is 25.8. The number of nitrogens with zero attached hydrogens (tertiary/aromatic N) is 4. The third-order valence-electron chi connectivity index (χ3n) is 3.04. The number of nitrogen functional groups attached to an aromatic ring is 1. The van der Waals surface area contributed by atoms with Gasteiger partial charge < -0.3 is 21.1 Å². The molecule has 1 saturated heterocycles. The van der Waals surface area contributed by atoms with Gasteiger partial charge in [-0.3, -0.25) is 0 Å². The van der Waals surface area contributed by atoms with Crippen molar-refractivity contribution >= 4 is 11.6 Å². The van der Waals surface area contributed by atoms with Gasteiger partial charge in [0.05, 0.1) is 13.2 Å². The van der Waals surface area contributed by atoms with Crippen molar-refractivity contribution < 1.29 is 5.11 Å². The molecule has 2 heterocycles. The van der Waals surface area contributed by atoms with Gasteiger partial charge >= 0.3 is 0 Å². The van der Waals surface area contributed by atoms with Gasteiger partial charge in [0.15, 0.2) is 5.82 Å². The molecule has 0 aromatic carbocycles. The van der Waals surface area contributed by atoms with Gasteiger partial charge in [0.2, 0.25) is 0 Å². The van der Waals surface area contributed by atoms with Crippen LogP contribution in [0.25, 0.3) is 0 Å². The lowest BCUT2D eigenvalue weighted by molar-refractivity contribution is 0.270. The van der Waals surface area contributed by atoms with Gasteiger partial charge in [-0.05, 0) is 13.0 Å². The summed E-state index contributed by atoms with van der Waals surface area (Å²) in [6.07, 6.45) is 1.01. The smallest absolute Gasteiger partial charge is 0.170 e. The normalized spacial score (nSPS) is 16.3. The molecule has 0 spiro atoms. The highest BCUT2D eigenvalue weighted by Gasteiger charge is 2.21. The summed E-state index contributed by atoms with van der Waals surface area (Å²) in [5.41, 5.74) is 6.28. The predicted octanol–water partition coefficient (Wildman–Crippen LogP) is -0.871. The van der Waals surface area contributed by atoms with E-state index in [1.807, 2.05) is 0 Å². The number of nitrogens with one attached hydrogen (secondary N) is 1. The van der Waals surface area contributed by atoms with Crippen LogP contribution in [0.3, 0.4) is 0 Å². The predicted molar refractivity (Wildman–Crippen MR) is 68.1 cm³/mol. The monoisotopic (exact) mass is 250 g/mol. The third-order valence-corrected chi connectivity index (χ3v) is 3.04. The number of nitriles is 1. The Morgan fingerprint density at radius 1 is 1.44 bits per heavy atom. The summed E-state index contributed by atoms with van der Waals surface area (Å²) in [6.45, 7) is 3.79. The summed E-state index contributed by atoms with van der Waals surface area (Å²) < 4.78 is 1.49. The Hall–Kier alpha value is -1.78. The van der Waals surface area contributed by atoms with Crippen LogP contribution in [0.1, 0.15) is 12.0 Å². The Bertz CT molecular complexity index is 441. The molecule has 0 unspecified atom stereocenters. The van der Waals surface area contributed by atoms with Crippen LogP contribution in [0.4, 0.5) is 11.6 Å². The molecule has 1 aliphatic heterocycles. The molecule has 1 aromatic rings. The van der Waals surface area contributed by atoms with Crippen molar-refractivity contribution in [1.29, 1.82) is 5.26 Å². The summed E-state index contributed by atoms with van der Waals surface area (Å²) in [5.74, 6) is 0.964. The van der Waals surface area contributed by atoms with Crippen LogP contribution < -0.4 is 16.0 Å². The number of hydrogen-bond donors (Lipinski definition) is 3. The van der Waals surface area contributed by atoms with Crippen molar-refractivity contribution in [2.45, 2.75) is 13.0 Å². The van der Waals surface area contributed by atoms with Gasteiger partial charge in [-0.1, -0.05) is 0 Å². The standard InChI is InChI=1S/C11H18N6O/c12-8-9-10(13)17(6-7-18)15-11(9)16-4-1-2-14-3-5-16/h14,18H,1-7,13H2. The second-order valence-corrected chi connectivity index (χ2v) is 4.23. The van der Waals surface area contributed by atoms with Gasteiger partial charge in [0, 0.05) is 19.6 Å². The molecule has 0 atom stereocenters. The molecule has 4 N–H and O–H groups in total. The fourth-order valence-corrected chi connectivity index (χ4v) is 2.11. The topological polar surface area (TPSA) is 103 Å². The van der Waals surface area contributed by atoms with Gasteiger partial charge in [-0.2, -0.15) is 10.4 Å². The molecule has 7 nitrogen and oxygen atoms in total. The minimum atomic E-state index is -0.0439. The van der Waals surface area contributed by atoms with E-state index in [1.54, 1.807) is 0 Å². The number of hydrogen-bond acceptors (Lipinski definition) is 6. The minimum Gasteiger partial charge on any atom is -0.394 e. The zero-order valence-electron chi connectivity index (χ0n) is 10.3. The highest BCUT2D eigenvalue weighted by Crippen LogP contribution is 2.24. The van der Waals surface area contributed by atoms with Gasteiger partial charge in [0.1, 0.15) is 17.5 Å². The maximum absolute atomic E-state index is 9.19. The van der Waals surface area contributed by atoms with Crippen molar-refractivity contribution in [2.75, 3.05) is 43.4 Å². The highest BCUT2D eigenvalue weighted by molar-refractivity contribution is 5.65. The molecule has 98 valence electrons. The molecular formula is C11H18N6O. The molecule has 1 fully saturated rings. The zero-order chi connectivity index (χ0) is 13.0. The molecule has 0 saturated carbocycles. The summed E-state index contributed by atoms with van der Waals surface area (Å²) >= 11 is 0. The Morgan fingerprint density at radius 2 is 2.28 bits per heavy atom. The van der Waals surface area contributed by atoms with E-state index in [4.69, 9.17) is 10.8 Å². The maximum atomic E-state index is 9.19. The van der Waals surface area contributed by atoms with E-state index < -0.39 is 0 Å². The Balaban J connectivity index is 2.30. The molecule has 0 amide bonds. The molecule has 0 bridgehead atoms. The molecule has 2 rings (SSSR count). The summed E-state index contributed by atoms with van der Waals surface area (Å²) in [7, 11) is 0. The fraction of sp³-hybridized carbons (Fsp3) is 0.636. The first-order chi connectivity index (χ1) is 8.77. The number of anilines is 2. The maximum Gasteiger partial charge on any atom is 0.170 e. The lowest BCUT2D eigenvalue weighted by Gasteiger charge is -2.19.